The zero-order valence-electron chi connectivity index (χ0n) is 15.2. The van der Waals surface area contributed by atoms with Gasteiger partial charge in [-0.3, -0.25) is 4.79 Å². The van der Waals surface area contributed by atoms with Gasteiger partial charge in [0.05, 0.1) is 31.3 Å². The van der Waals surface area contributed by atoms with Crippen molar-refractivity contribution >= 4 is 29.2 Å². The summed E-state index contributed by atoms with van der Waals surface area (Å²) in [5.41, 5.74) is 7.58. The van der Waals surface area contributed by atoms with Crippen molar-refractivity contribution in [3.63, 3.8) is 0 Å². The predicted octanol–water partition coefficient (Wildman–Crippen LogP) is 3.78. The van der Waals surface area contributed by atoms with Crippen molar-refractivity contribution in [3.05, 3.63) is 63.6 Å². The summed E-state index contributed by atoms with van der Waals surface area (Å²) in [6.45, 7) is 2.16. The molecule has 7 heteroatoms. The van der Waals surface area contributed by atoms with E-state index >= 15 is 0 Å². The lowest BCUT2D eigenvalue weighted by Gasteiger charge is -2.25. The molecule has 2 aromatic carbocycles. The second-order valence-electron chi connectivity index (χ2n) is 6.38. The van der Waals surface area contributed by atoms with Crippen LogP contribution in [0.15, 0.2) is 42.5 Å². The van der Waals surface area contributed by atoms with Crippen LogP contribution in [0.5, 0.6) is 5.75 Å². The lowest BCUT2D eigenvalue weighted by Crippen LogP contribution is -2.37. The Balaban J connectivity index is 1.96. The van der Waals surface area contributed by atoms with Gasteiger partial charge in [-0.2, -0.15) is 0 Å². The van der Waals surface area contributed by atoms with Crippen molar-refractivity contribution in [1.29, 1.82) is 0 Å². The number of esters is 1. The molecule has 0 spiro atoms. The fourth-order valence-corrected chi connectivity index (χ4v) is 3.02. The number of rotatable bonds is 8. The summed E-state index contributed by atoms with van der Waals surface area (Å²) in [5.74, 6) is 0.000653. The lowest BCUT2D eigenvalue weighted by molar-refractivity contribution is -0.139. The third kappa shape index (κ3) is 6.11. The Kier molecular flexibility index (Phi) is 7.92. The van der Waals surface area contributed by atoms with Gasteiger partial charge in [-0.05, 0) is 35.4 Å². The maximum absolute atomic E-state index is 11.3. The van der Waals surface area contributed by atoms with Gasteiger partial charge in [-0.25, -0.2) is 0 Å². The fraction of sp³-hybridized carbons (Fsp3) is 0.350. The first-order valence-corrected chi connectivity index (χ1v) is 9.24. The number of nitrogens with two attached hydrogens (primary N) is 1. The van der Waals surface area contributed by atoms with Gasteiger partial charge in [0.1, 0.15) is 5.75 Å². The van der Waals surface area contributed by atoms with Gasteiger partial charge in [0, 0.05) is 17.0 Å². The molecular weight excluding hydrogens is 389 g/mol. The molecule has 0 fully saturated rings. The van der Waals surface area contributed by atoms with Crippen molar-refractivity contribution in [1.82, 2.24) is 0 Å². The highest BCUT2D eigenvalue weighted by Crippen LogP contribution is 2.28. The molecule has 0 amide bonds. The van der Waals surface area contributed by atoms with Crippen molar-refractivity contribution in [2.45, 2.75) is 25.5 Å². The third-order valence-corrected chi connectivity index (χ3v) is 4.82. The number of halogens is 2. The Hall–Kier alpha value is -1.79. The number of methoxy groups -OCH3 is 1. The summed E-state index contributed by atoms with van der Waals surface area (Å²) in [5, 5.41) is 11.4. The molecule has 146 valence electrons. The Morgan fingerprint density at radius 1 is 1.22 bits per heavy atom. The van der Waals surface area contributed by atoms with Gasteiger partial charge in [0.2, 0.25) is 0 Å². The van der Waals surface area contributed by atoms with E-state index in [0.717, 1.165) is 5.56 Å². The number of ether oxygens (including phenoxy) is 2. The van der Waals surface area contributed by atoms with Gasteiger partial charge in [-0.1, -0.05) is 48.3 Å². The molecule has 2 rings (SSSR count). The first-order valence-electron chi connectivity index (χ1n) is 8.49. The second-order valence-corrected chi connectivity index (χ2v) is 7.23. The lowest BCUT2D eigenvalue weighted by atomic mass is 9.93. The quantitative estimate of drug-likeness (QED) is 0.645. The first kappa shape index (κ1) is 21.5. The number of aliphatic hydroxyl groups excluding tert-OH is 1. The Labute approximate surface area is 169 Å². The number of carbonyl (C=O) groups is 1. The van der Waals surface area contributed by atoms with Gasteiger partial charge >= 0.3 is 5.97 Å². The van der Waals surface area contributed by atoms with Crippen LogP contribution in [0.4, 0.5) is 0 Å². The summed E-state index contributed by atoms with van der Waals surface area (Å²) in [7, 11) is 1.34. The molecule has 0 heterocycles. The summed E-state index contributed by atoms with van der Waals surface area (Å²) in [4.78, 5) is 11.3. The van der Waals surface area contributed by atoms with Crippen LogP contribution >= 0.6 is 23.2 Å². The van der Waals surface area contributed by atoms with Crippen molar-refractivity contribution in [2.75, 3.05) is 13.7 Å². The Bertz CT molecular complexity index is 784. The Morgan fingerprint density at radius 2 is 1.96 bits per heavy atom. The number of aliphatic hydroxyl groups is 1. The van der Waals surface area contributed by atoms with E-state index in [0.29, 0.717) is 21.4 Å². The number of hydrogen-bond acceptors (Lipinski definition) is 5. The Morgan fingerprint density at radius 3 is 2.59 bits per heavy atom. The zero-order chi connectivity index (χ0) is 20.0. The minimum Gasteiger partial charge on any atom is -0.492 e. The average Bonchev–Trinajstić information content (AvgIpc) is 2.65. The molecule has 0 saturated carbocycles. The molecule has 5 nitrogen and oxygen atoms in total. The number of carbonyl (C=O) groups excluding carboxylic acids is 1. The molecule has 0 saturated heterocycles. The van der Waals surface area contributed by atoms with Crippen LogP contribution in [-0.2, 0) is 16.0 Å². The average molecular weight is 412 g/mol. The highest BCUT2D eigenvalue weighted by atomic mass is 35.5. The SMILES string of the molecule is COC(=O)Cc1ccc(OCC(C)C(N)C(O)c2cccc(Cl)c2)c(Cl)c1. The largest absolute Gasteiger partial charge is 0.492 e. The topological polar surface area (TPSA) is 81.8 Å². The summed E-state index contributed by atoms with van der Waals surface area (Å²) < 4.78 is 10.4. The monoisotopic (exact) mass is 411 g/mol. The van der Waals surface area contributed by atoms with Crippen LogP contribution in [0.2, 0.25) is 10.0 Å². The van der Waals surface area contributed by atoms with Crippen LogP contribution in [0.3, 0.4) is 0 Å². The molecular formula is C20H23Cl2NO4. The number of hydrogen-bond donors (Lipinski definition) is 2. The van der Waals surface area contributed by atoms with E-state index in [-0.39, 0.29) is 24.9 Å². The van der Waals surface area contributed by atoms with Crippen LogP contribution in [0, 0.1) is 5.92 Å². The molecule has 0 bridgehead atoms. The molecule has 0 aliphatic carbocycles. The van der Waals surface area contributed by atoms with Crippen molar-refractivity contribution < 1.29 is 19.4 Å². The molecule has 0 radical (unpaired) electrons. The van der Waals surface area contributed by atoms with Gasteiger partial charge in [-0.15, -0.1) is 0 Å². The third-order valence-electron chi connectivity index (χ3n) is 4.29. The number of benzene rings is 2. The van der Waals surface area contributed by atoms with Crippen LogP contribution in [-0.4, -0.2) is 30.8 Å². The minimum absolute atomic E-state index is 0.142. The van der Waals surface area contributed by atoms with Crippen LogP contribution in [0.1, 0.15) is 24.2 Å². The molecule has 2 aromatic rings. The summed E-state index contributed by atoms with van der Waals surface area (Å²) in [6, 6.07) is 11.6. The summed E-state index contributed by atoms with van der Waals surface area (Å²) in [6.07, 6.45) is -0.718. The van der Waals surface area contributed by atoms with E-state index in [9.17, 15) is 9.90 Å². The maximum atomic E-state index is 11.3. The fourth-order valence-electron chi connectivity index (χ4n) is 2.57. The van der Waals surface area contributed by atoms with E-state index in [1.165, 1.54) is 7.11 Å². The van der Waals surface area contributed by atoms with Crippen molar-refractivity contribution in [2.24, 2.45) is 11.7 Å². The summed E-state index contributed by atoms with van der Waals surface area (Å²) >= 11 is 12.2. The van der Waals surface area contributed by atoms with Gasteiger partial charge in [0.15, 0.2) is 0 Å². The molecule has 3 atom stereocenters. The van der Waals surface area contributed by atoms with Crippen LogP contribution < -0.4 is 10.5 Å². The standard InChI is InChI=1S/C20H23Cl2NO4/c1-12(19(23)20(25)14-4-3-5-15(21)10-14)11-27-17-7-6-13(8-16(17)22)9-18(24)26-2/h3-8,10,12,19-20,25H,9,11,23H2,1-2H3. The van der Waals surface area contributed by atoms with E-state index < -0.39 is 12.1 Å². The van der Waals surface area contributed by atoms with E-state index in [1.54, 1.807) is 42.5 Å². The molecule has 0 aliphatic heterocycles. The van der Waals surface area contributed by atoms with E-state index in [1.807, 2.05) is 6.92 Å². The van der Waals surface area contributed by atoms with E-state index in [4.69, 9.17) is 33.7 Å². The highest BCUT2D eigenvalue weighted by Gasteiger charge is 2.24. The molecule has 3 N–H and O–H groups in total. The zero-order valence-corrected chi connectivity index (χ0v) is 16.7. The predicted molar refractivity (Wildman–Crippen MR) is 106 cm³/mol. The highest BCUT2D eigenvalue weighted by molar-refractivity contribution is 6.32. The molecule has 0 aromatic heterocycles. The normalized spacial score (nSPS) is 14.3. The van der Waals surface area contributed by atoms with Gasteiger partial charge in [0.25, 0.3) is 0 Å². The van der Waals surface area contributed by atoms with Crippen LogP contribution in [0.25, 0.3) is 0 Å². The van der Waals surface area contributed by atoms with Gasteiger partial charge < -0.3 is 20.3 Å². The smallest absolute Gasteiger partial charge is 0.309 e. The second kappa shape index (κ2) is 9.95. The minimum atomic E-state index is -0.861. The van der Waals surface area contributed by atoms with E-state index in [2.05, 4.69) is 4.74 Å². The first-order chi connectivity index (χ1) is 12.8. The molecule has 0 aliphatic rings. The molecule has 27 heavy (non-hydrogen) atoms. The van der Waals surface area contributed by atoms with Crippen molar-refractivity contribution in [3.8, 4) is 5.75 Å². The molecule has 3 unspecified atom stereocenters. The maximum Gasteiger partial charge on any atom is 0.309 e.